The summed E-state index contributed by atoms with van der Waals surface area (Å²) in [6, 6.07) is 15.3. The molecule has 0 N–H and O–H groups in total. The standard InChI is InChI=1S/C24H24N2O5/c1-16-5-3-7-18(13-16)15-20(25-9-11-30-23(25)28)21(19-8-4-6-17(2)14-19)22(27)26-10-12-31-24(26)29/h3-8,13-15,21H,9-12H2,1-2H3/b20-15-. The van der Waals surface area contributed by atoms with Gasteiger partial charge in [0.1, 0.15) is 19.1 Å². The Kier molecular flexibility index (Phi) is 5.75. The predicted molar refractivity (Wildman–Crippen MR) is 114 cm³/mol. The molecule has 1 unspecified atom stereocenters. The Morgan fingerprint density at radius 3 is 2.10 bits per heavy atom. The van der Waals surface area contributed by atoms with Crippen LogP contribution in [0, 0.1) is 13.8 Å². The van der Waals surface area contributed by atoms with Gasteiger partial charge in [0.05, 0.1) is 13.1 Å². The van der Waals surface area contributed by atoms with Crippen LogP contribution in [0.3, 0.4) is 0 Å². The van der Waals surface area contributed by atoms with Crippen LogP contribution in [0.2, 0.25) is 0 Å². The van der Waals surface area contributed by atoms with Gasteiger partial charge in [-0.3, -0.25) is 9.69 Å². The lowest BCUT2D eigenvalue weighted by atomic mass is 9.90. The van der Waals surface area contributed by atoms with E-state index in [1.807, 2.05) is 68.5 Å². The highest BCUT2D eigenvalue weighted by Gasteiger charge is 2.40. The van der Waals surface area contributed by atoms with Crippen molar-refractivity contribution in [2.75, 3.05) is 26.3 Å². The number of ether oxygens (including phenoxy) is 2. The van der Waals surface area contributed by atoms with E-state index in [9.17, 15) is 14.4 Å². The number of carbonyl (C=O) groups excluding carboxylic acids is 3. The Labute approximate surface area is 180 Å². The van der Waals surface area contributed by atoms with E-state index >= 15 is 0 Å². The number of imide groups is 1. The van der Waals surface area contributed by atoms with Crippen LogP contribution in [0.25, 0.3) is 6.08 Å². The highest BCUT2D eigenvalue weighted by Crippen LogP contribution is 2.34. The molecule has 0 aliphatic carbocycles. The maximum atomic E-state index is 13.6. The Bertz CT molecular complexity index is 1060. The summed E-state index contributed by atoms with van der Waals surface area (Å²) >= 11 is 0. The minimum atomic E-state index is -0.864. The van der Waals surface area contributed by atoms with Crippen LogP contribution < -0.4 is 0 Å². The Hall–Kier alpha value is -3.61. The minimum absolute atomic E-state index is 0.161. The second kappa shape index (κ2) is 8.63. The third kappa shape index (κ3) is 4.30. The van der Waals surface area contributed by atoms with Crippen molar-refractivity contribution in [1.82, 2.24) is 9.80 Å². The lowest BCUT2D eigenvalue weighted by molar-refractivity contribution is -0.128. The molecule has 2 saturated heterocycles. The Morgan fingerprint density at radius 1 is 0.903 bits per heavy atom. The van der Waals surface area contributed by atoms with Crippen LogP contribution in [-0.2, 0) is 14.3 Å². The van der Waals surface area contributed by atoms with Gasteiger partial charge in [0.25, 0.3) is 0 Å². The largest absolute Gasteiger partial charge is 0.447 e. The maximum Gasteiger partial charge on any atom is 0.416 e. The third-order valence-electron chi connectivity index (χ3n) is 5.37. The summed E-state index contributed by atoms with van der Waals surface area (Å²) in [5.41, 5.74) is 4.05. The number of benzene rings is 2. The molecular weight excluding hydrogens is 396 g/mol. The molecular formula is C24H24N2O5. The molecule has 2 aromatic carbocycles. The molecule has 0 saturated carbocycles. The SMILES string of the molecule is Cc1cccc(/C=C(/C(C(=O)N2CCOC2=O)c2cccc(C)c2)N2CCOC2=O)c1. The zero-order chi connectivity index (χ0) is 22.0. The molecule has 7 heteroatoms. The third-order valence-corrected chi connectivity index (χ3v) is 5.37. The molecule has 160 valence electrons. The molecule has 1 atom stereocenters. The van der Waals surface area contributed by atoms with E-state index in [4.69, 9.17) is 9.47 Å². The van der Waals surface area contributed by atoms with Crippen molar-refractivity contribution >= 4 is 24.2 Å². The second-order valence-electron chi connectivity index (χ2n) is 7.70. The molecule has 2 heterocycles. The molecule has 3 amide bonds. The van der Waals surface area contributed by atoms with Crippen molar-refractivity contribution < 1.29 is 23.9 Å². The number of rotatable bonds is 5. The van der Waals surface area contributed by atoms with Crippen molar-refractivity contribution in [3.05, 3.63) is 76.5 Å². The maximum absolute atomic E-state index is 13.6. The first kappa shape index (κ1) is 20.7. The van der Waals surface area contributed by atoms with Crippen molar-refractivity contribution in [1.29, 1.82) is 0 Å². The fourth-order valence-electron chi connectivity index (χ4n) is 3.91. The Balaban J connectivity index is 1.87. The number of amides is 3. The van der Waals surface area contributed by atoms with Crippen molar-refractivity contribution in [2.45, 2.75) is 19.8 Å². The summed E-state index contributed by atoms with van der Waals surface area (Å²) in [5, 5.41) is 0. The number of nitrogens with zero attached hydrogens (tertiary/aromatic N) is 2. The van der Waals surface area contributed by atoms with Crippen LogP contribution in [-0.4, -0.2) is 54.2 Å². The van der Waals surface area contributed by atoms with Gasteiger partial charge in [0.15, 0.2) is 0 Å². The molecule has 0 radical (unpaired) electrons. The van der Waals surface area contributed by atoms with Gasteiger partial charge in [-0.25, -0.2) is 14.5 Å². The van der Waals surface area contributed by atoms with Crippen molar-refractivity contribution in [3.63, 3.8) is 0 Å². The zero-order valence-electron chi connectivity index (χ0n) is 17.5. The zero-order valence-corrected chi connectivity index (χ0v) is 17.5. The molecule has 2 fully saturated rings. The van der Waals surface area contributed by atoms with Gasteiger partial charge < -0.3 is 9.47 Å². The average molecular weight is 420 g/mol. The van der Waals surface area contributed by atoms with E-state index in [-0.39, 0.29) is 19.8 Å². The first-order valence-electron chi connectivity index (χ1n) is 10.2. The van der Waals surface area contributed by atoms with Crippen LogP contribution in [0.15, 0.2) is 54.2 Å². The molecule has 31 heavy (non-hydrogen) atoms. The van der Waals surface area contributed by atoms with E-state index < -0.39 is 24.0 Å². The van der Waals surface area contributed by atoms with Crippen LogP contribution >= 0.6 is 0 Å². The molecule has 2 aliphatic heterocycles. The number of carbonyl (C=O) groups is 3. The van der Waals surface area contributed by atoms with Gasteiger partial charge in [-0.2, -0.15) is 0 Å². The molecule has 2 aromatic rings. The van der Waals surface area contributed by atoms with E-state index in [1.54, 1.807) is 0 Å². The van der Waals surface area contributed by atoms with Crippen LogP contribution in [0.5, 0.6) is 0 Å². The van der Waals surface area contributed by atoms with Crippen LogP contribution in [0.1, 0.15) is 28.2 Å². The molecule has 0 bridgehead atoms. The molecule has 2 aliphatic rings. The van der Waals surface area contributed by atoms with Gasteiger partial charge in [-0.1, -0.05) is 59.7 Å². The quantitative estimate of drug-likeness (QED) is 0.734. The van der Waals surface area contributed by atoms with Gasteiger partial charge >= 0.3 is 12.2 Å². The van der Waals surface area contributed by atoms with E-state index in [0.717, 1.165) is 21.6 Å². The lowest BCUT2D eigenvalue weighted by Gasteiger charge is -2.28. The molecule has 4 rings (SSSR count). The molecule has 0 spiro atoms. The predicted octanol–water partition coefficient (Wildman–Crippen LogP) is 3.86. The number of hydrogen-bond acceptors (Lipinski definition) is 5. The normalized spacial score (nSPS) is 17.5. The Morgan fingerprint density at radius 2 is 1.52 bits per heavy atom. The fraction of sp³-hybridized carbons (Fsp3) is 0.292. The van der Waals surface area contributed by atoms with Crippen molar-refractivity contribution in [3.8, 4) is 0 Å². The second-order valence-corrected chi connectivity index (χ2v) is 7.70. The number of cyclic esters (lactones) is 2. The summed E-state index contributed by atoms with van der Waals surface area (Å²) in [6.07, 6.45) is 0.654. The monoisotopic (exact) mass is 420 g/mol. The summed E-state index contributed by atoms with van der Waals surface area (Å²) in [6.45, 7) is 4.82. The van der Waals surface area contributed by atoms with E-state index in [0.29, 0.717) is 17.8 Å². The first-order valence-corrected chi connectivity index (χ1v) is 10.2. The van der Waals surface area contributed by atoms with E-state index in [1.165, 1.54) is 4.90 Å². The van der Waals surface area contributed by atoms with E-state index in [2.05, 4.69) is 0 Å². The van der Waals surface area contributed by atoms with Crippen LogP contribution in [0.4, 0.5) is 9.59 Å². The van der Waals surface area contributed by atoms with Crippen molar-refractivity contribution in [2.24, 2.45) is 0 Å². The fourth-order valence-corrected chi connectivity index (χ4v) is 3.91. The van der Waals surface area contributed by atoms with Gasteiger partial charge in [0.2, 0.25) is 5.91 Å². The van der Waals surface area contributed by atoms with Gasteiger partial charge in [-0.15, -0.1) is 0 Å². The van der Waals surface area contributed by atoms with Gasteiger partial charge in [0, 0.05) is 5.70 Å². The lowest BCUT2D eigenvalue weighted by Crippen LogP contribution is -2.40. The minimum Gasteiger partial charge on any atom is -0.447 e. The topological polar surface area (TPSA) is 76.2 Å². The first-order chi connectivity index (χ1) is 14.9. The van der Waals surface area contributed by atoms with Gasteiger partial charge in [-0.05, 0) is 31.1 Å². The average Bonchev–Trinajstić information content (AvgIpc) is 3.35. The number of aryl methyl sites for hydroxylation is 2. The molecule has 7 nitrogen and oxygen atoms in total. The molecule has 0 aromatic heterocycles. The highest BCUT2D eigenvalue weighted by atomic mass is 16.6. The smallest absolute Gasteiger partial charge is 0.416 e. The highest BCUT2D eigenvalue weighted by molar-refractivity contribution is 5.99. The summed E-state index contributed by atoms with van der Waals surface area (Å²) in [4.78, 5) is 40.9. The summed E-state index contributed by atoms with van der Waals surface area (Å²) in [7, 11) is 0. The number of hydrogen-bond donors (Lipinski definition) is 0. The summed E-state index contributed by atoms with van der Waals surface area (Å²) < 4.78 is 10.2. The summed E-state index contributed by atoms with van der Waals surface area (Å²) in [5.74, 6) is -1.29.